The number of hydrogen-bond acceptors (Lipinski definition) is 4. The summed E-state index contributed by atoms with van der Waals surface area (Å²) in [6.07, 6.45) is 0. The zero-order valence-corrected chi connectivity index (χ0v) is 12.2. The van der Waals surface area contributed by atoms with Gasteiger partial charge in [0.05, 0.1) is 10.5 Å². The van der Waals surface area contributed by atoms with E-state index in [-0.39, 0.29) is 18.0 Å². The average molecular weight is 299 g/mol. The second-order valence-corrected chi connectivity index (χ2v) is 7.08. The lowest BCUT2D eigenvalue weighted by molar-refractivity contribution is -0.157. The van der Waals surface area contributed by atoms with Crippen molar-refractivity contribution in [1.29, 1.82) is 0 Å². The Morgan fingerprint density at radius 2 is 2.00 bits per heavy atom. The fourth-order valence-electron chi connectivity index (χ4n) is 2.18. The Hall–Kier alpha value is -1.44. The van der Waals surface area contributed by atoms with Crippen LogP contribution in [-0.2, 0) is 19.6 Å². The standard InChI is InChI=1S/C13H17NO5S/c1-10-5-3-4-6-11(10)20(17,18)14-8-13(2,9-14)19-7-12(15)16/h3-6H,7-9H2,1-2H3,(H,15,16). The lowest BCUT2D eigenvalue weighted by Gasteiger charge is -2.46. The summed E-state index contributed by atoms with van der Waals surface area (Å²) in [7, 11) is -3.54. The third kappa shape index (κ3) is 2.84. The highest BCUT2D eigenvalue weighted by Gasteiger charge is 2.46. The SMILES string of the molecule is Cc1ccccc1S(=O)(=O)N1CC(C)(OCC(=O)O)C1. The van der Waals surface area contributed by atoms with E-state index in [0.717, 1.165) is 0 Å². The minimum atomic E-state index is -3.54. The van der Waals surface area contributed by atoms with E-state index < -0.39 is 28.2 Å². The average Bonchev–Trinajstić information content (AvgIpc) is 2.33. The van der Waals surface area contributed by atoms with E-state index in [1.54, 1.807) is 38.1 Å². The summed E-state index contributed by atoms with van der Waals surface area (Å²) in [5, 5.41) is 8.58. The molecule has 0 spiro atoms. The van der Waals surface area contributed by atoms with Gasteiger partial charge in [-0.1, -0.05) is 18.2 Å². The summed E-state index contributed by atoms with van der Waals surface area (Å²) in [4.78, 5) is 10.8. The van der Waals surface area contributed by atoms with Crippen molar-refractivity contribution in [3.63, 3.8) is 0 Å². The van der Waals surface area contributed by atoms with Gasteiger partial charge in [0.1, 0.15) is 6.61 Å². The highest BCUT2D eigenvalue weighted by atomic mass is 32.2. The van der Waals surface area contributed by atoms with Crippen molar-refractivity contribution in [2.75, 3.05) is 19.7 Å². The molecule has 1 N–H and O–H groups in total. The highest BCUT2D eigenvalue weighted by molar-refractivity contribution is 7.89. The van der Waals surface area contributed by atoms with Crippen LogP contribution >= 0.6 is 0 Å². The van der Waals surface area contributed by atoms with Gasteiger partial charge < -0.3 is 9.84 Å². The van der Waals surface area contributed by atoms with Crippen molar-refractivity contribution in [2.24, 2.45) is 0 Å². The summed E-state index contributed by atoms with van der Waals surface area (Å²) >= 11 is 0. The summed E-state index contributed by atoms with van der Waals surface area (Å²) < 4.78 is 31.3. The molecule has 1 aliphatic rings. The first-order valence-corrected chi connectivity index (χ1v) is 7.60. The lowest BCUT2D eigenvalue weighted by Crippen LogP contribution is -2.63. The molecule has 0 aromatic heterocycles. The number of hydrogen-bond donors (Lipinski definition) is 1. The van der Waals surface area contributed by atoms with E-state index in [1.165, 1.54) is 4.31 Å². The predicted octanol–water partition coefficient (Wildman–Crippen LogP) is 0.859. The minimum absolute atomic E-state index is 0.164. The summed E-state index contributed by atoms with van der Waals surface area (Å²) in [6.45, 7) is 3.36. The van der Waals surface area contributed by atoms with Gasteiger partial charge in [0.15, 0.2) is 0 Å². The van der Waals surface area contributed by atoms with Gasteiger partial charge in [-0.2, -0.15) is 4.31 Å². The third-order valence-corrected chi connectivity index (χ3v) is 5.23. The molecular weight excluding hydrogens is 282 g/mol. The van der Waals surface area contributed by atoms with Crippen LogP contribution in [0, 0.1) is 6.92 Å². The highest BCUT2D eigenvalue weighted by Crippen LogP contribution is 2.31. The van der Waals surface area contributed by atoms with Crippen molar-refractivity contribution in [1.82, 2.24) is 4.31 Å². The monoisotopic (exact) mass is 299 g/mol. The minimum Gasteiger partial charge on any atom is -0.480 e. The van der Waals surface area contributed by atoms with Crippen LogP contribution < -0.4 is 0 Å². The van der Waals surface area contributed by atoms with E-state index in [2.05, 4.69) is 0 Å². The van der Waals surface area contributed by atoms with Gasteiger partial charge in [-0.15, -0.1) is 0 Å². The first kappa shape index (κ1) is 15.0. The van der Waals surface area contributed by atoms with Crippen LogP contribution in [0.2, 0.25) is 0 Å². The fraction of sp³-hybridized carbons (Fsp3) is 0.462. The van der Waals surface area contributed by atoms with Crippen LogP contribution in [0.15, 0.2) is 29.2 Å². The molecular formula is C13H17NO5S. The third-order valence-electron chi connectivity index (χ3n) is 3.28. The Bertz CT molecular complexity index is 619. The van der Waals surface area contributed by atoms with E-state index in [9.17, 15) is 13.2 Å². The van der Waals surface area contributed by atoms with Crippen LogP contribution in [-0.4, -0.2) is 49.1 Å². The number of carboxylic acid groups (broad SMARTS) is 1. The number of benzene rings is 1. The van der Waals surface area contributed by atoms with Crippen molar-refractivity contribution < 1.29 is 23.1 Å². The molecule has 1 aliphatic heterocycles. The molecule has 2 rings (SSSR count). The maximum atomic E-state index is 12.4. The molecule has 1 heterocycles. The van der Waals surface area contributed by atoms with E-state index in [0.29, 0.717) is 5.56 Å². The van der Waals surface area contributed by atoms with Gasteiger partial charge in [0.25, 0.3) is 0 Å². The Morgan fingerprint density at radius 3 is 2.55 bits per heavy atom. The number of aryl methyl sites for hydroxylation is 1. The van der Waals surface area contributed by atoms with E-state index in [1.807, 2.05) is 0 Å². The molecule has 1 aromatic rings. The van der Waals surface area contributed by atoms with Crippen molar-refractivity contribution >= 4 is 16.0 Å². The summed E-state index contributed by atoms with van der Waals surface area (Å²) in [5.41, 5.74) is -0.0405. The van der Waals surface area contributed by atoms with Crippen molar-refractivity contribution in [3.8, 4) is 0 Å². The Morgan fingerprint density at radius 1 is 1.40 bits per heavy atom. The number of rotatable bonds is 5. The Kier molecular flexibility index (Phi) is 3.86. The number of carbonyl (C=O) groups is 1. The maximum Gasteiger partial charge on any atom is 0.329 e. The molecule has 0 amide bonds. The molecule has 0 bridgehead atoms. The molecule has 0 radical (unpaired) electrons. The molecule has 1 saturated heterocycles. The zero-order valence-electron chi connectivity index (χ0n) is 11.4. The van der Waals surface area contributed by atoms with Gasteiger partial charge in [0.2, 0.25) is 10.0 Å². The number of sulfonamides is 1. The van der Waals surface area contributed by atoms with Gasteiger partial charge in [0, 0.05) is 13.1 Å². The largest absolute Gasteiger partial charge is 0.480 e. The maximum absolute atomic E-state index is 12.4. The summed E-state index contributed by atoms with van der Waals surface area (Å²) in [6, 6.07) is 6.77. The van der Waals surface area contributed by atoms with Crippen LogP contribution in [0.5, 0.6) is 0 Å². The topological polar surface area (TPSA) is 83.9 Å². The second kappa shape index (κ2) is 5.16. The molecule has 7 heteroatoms. The quantitative estimate of drug-likeness (QED) is 0.871. The van der Waals surface area contributed by atoms with Crippen LogP contribution in [0.4, 0.5) is 0 Å². The summed E-state index contributed by atoms with van der Waals surface area (Å²) in [5.74, 6) is -1.06. The zero-order chi connectivity index (χ0) is 15.0. The molecule has 0 atom stereocenters. The van der Waals surface area contributed by atoms with Gasteiger partial charge in [-0.25, -0.2) is 13.2 Å². The predicted molar refractivity (Wildman–Crippen MR) is 71.9 cm³/mol. The first-order chi connectivity index (χ1) is 9.24. The molecule has 110 valence electrons. The number of ether oxygens (including phenoxy) is 1. The first-order valence-electron chi connectivity index (χ1n) is 6.16. The molecule has 20 heavy (non-hydrogen) atoms. The Balaban J connectivity index is 2.08. The van der Waals surface area contributed by atoms with E-state index >= 15 is 0 Å². The molecule has 1 fully saturated rings. The fourth-order valence-corrected chi connectivity index (χ4v) is 4.07. The van der Waals surface area contributed by atoms with Crippen molar-refractivity contribution in [3.05, 3.63) is 29.8 Å². The lowest BCUT2D eigenvalue weighted by atomic mass is 10.0. The van der Waals surface area contributed by atoms with Crippen molar-refractivity contribution in [2.45, 2.75) is 24.3 Å². The number of aliphatic carboxylic acids is 1. The molecule has 0 unspecified atom stereocenters. The molecule has 1 aromatic carbocycles. The van der Waals surface area contributed by atoms with E-state index in [4.69, 9.17) is 9.84 Å². The Labute approximate surface area is 118 Å². The number of carboxylic acids is 1. The van der Waals surface area contributed by atoms with Crippen LogP contribution in [0.3, 0.4) is 0 Å². The molecule has 6 nitrogen and oxygen atoms in total. The van der Waals surface area contributed by atoms with Gasteiger partial charge >= 0.3 is 5.97 Å². The molecule has 0 aliphatic carbocycles. The number of nitrogens with zero attached hydrogens (tertiary/aromatic N) is 1. The second-order valence-electron chi connectivity index (χ2n) is 5.17. The molecule has 0 saturated carbocycles. The van der Waals surface area contributed by atoms with Gasteiger partial charge in [-0.3, -0.25) is 0 Å². The van der Waals surface area contributed by atoms with Gasteiger partial charge in [-0.05, 0) is 25.5 Å². The smallest absolute Gasteiger partial charge is 0.329 e. The normalized spacial score (nSPS) is 18.5. The van der Waals surface area contributed by atoms with Crippen LogP contribution in [0.1, 0.15) is 12.5 Å². The van der Waals surface area contributed by atoms with Crippen LogP contribution in [0.25, 0.3) is 0 Å².